The SMILES string of the molecule is COc1ccc(C(N)=O)cc1-c1ccc(O)c2c1C[C@@H]1C[C@@H]3[C@@H](N(C)C)C(=O)C(C(N)=O)=C(O)[C@]3(O)C(=O)C1=C2O. The van der Waals surface area contributed by atoms with Crippen molar-refractivity contribution in [3.05, 3.63) is 63.9 Å². The molecule has 0 heterocycles. The molecule has 41 heavy (non-hydrogen) atoms. The number of aliphatic hydroxyl groups excluding tert-OH is 2. The molecule has 4 atom stereocenters. The fourth-order valence-corrected chi connectivity index (χ4v) is 6.57. The van der Waals surface area contributed by atoms with Crippen LogP contribution in [-0.4, -0.2) is 81.6 Å². The molecule has 0 saturated heterocycles. The second-order valence-corrected chi connectivity index (χ2v) is 10.7. The van der Waals surface area contributed by atoms with Gasteiger partial charge in [-0.25, -0.2) is 0 Å². The number of nitrogens with two attached hydrogens (primary N) is 2. The van der Waals surface area contributed by atoms with Crippen LogP contribution in [0.1, 0.15) is 27.9 Å². The molecule has 0 aliphatic heterocycles. The van der Waals surface area contributed by atoms with E-state index in [1.165, 1.54) is 44.3 Å². The number of hydrogen-bond donors (Lipinski definition) is 6. The number of aromatic hydroxyl groups is 1. The molecule has 0 spiro atoms. The maximum Gasteiger partial charge on any atom is 0.255 e. The zero-order valence-corrected chi connectivity index (χ0v) is 22.5. The van der Waals surface area contributed by atoms with Crippen LogP contribution in [0.2, 0.25) is 0 Å². The highest BCUT2D eigenvalue weighted by Gasteiger charge is 2.64. The number of rotatable bonds is 5. The molecular weight excluding hydrogens is 534 g/mol. The van der Waals surface area contributed by atoms with Crippen molar-refractivity contribution in [2.24, 2.45) is 23.3 Å². The van der Waals surface area contributed by atoms with Gasteiger partial charge in [-0.2, -0.15) is 0 Å². The number of Topliss-reactive ketones (excluding diaryl/α,β-unsaturated/α-hetero) is 2. The minimum Gasteiger partial charge on any atom is -0.508 e. The smallest absolute Gasteiger partial charge is 0.255 e. The van der Waals surface area contributed by atoms with Crippen molar-refractivity contribution >= 4 is 29.1 Å². The number of ketones is 2. The predicted molar refractivity (Wildman–Crippen MR) is 145 cm³/mol. The number of carbonyl (C=O) groups is 4. The van der Waals surface area contributed by atoms with Crippen LogP contribution in [0.15, 0.2) is 47.2 Å². The van der Waals surface area contributed by atoms with Crippen LogP contribution < -0.4 is 16.2 Å². The van der Waals surface area contributed by atoms with Crippen molar-refractivity contribution in [1.82, 2.24) is 4.90 Å². The Morgan fingerprint density at radius 1 is 1.02 bits per heavy atom. The molecule has 3 aliphatic rings. The Bertz CT molecular complexity index is 1620. The van der Waals surface area contributed by atoms with E-state index in [1.54, 1.807) is 12.1 Å². The molecule has 3 aliphatic carbocycles. The minimum absolute atomic E-state index is 0.0562. The number of methoxy groups -OCH3 is 1. The Balaban J connectivity index is 1.76. The van der Waals surface area contributed by atoms with E-state index in [4.69, 9.17) is 16.2 Å². The summed E-state index contributed by atoms with van der Waals surface area (Å²) in [7, 11) is 4.50. The largest absolute Gasteiger partial charge is 0.508 e. The number of nitrogens with zero attached hydrogens (tertiary/aromatic N) is 1. The second kappa shape index (κ2) is 9.46. The van der Waals surface area contributed by atoms with E-state index in [2.05, 4.69) is 0 Å². The highest BCUT2D eigenvalue weighted by atomic mass is 16.5. The normalized spacial score (nSPS) is 25.5. The zero-order valence-electron chi connectivity index (χ0n) is 22.5. The molecule has 0 unspecified atom stereocenters. The molecule has 8 N–H and O–H groups in total. The van der Waals surface area contributed by atoms with Crippen molar-refractivity contribution in [1.29, 1.82) is 0 Å². The standard InChI is InChI=1S/C29H29N3O9/c1-32(2)22-16-10-12-9-15-13(14-8-11(27(30)38)4-7-18(14)41-3)5-6-17(33)20(15)23(34)19(12)25(36)29(16,40)26(37)21(24(22)35)28(31)39/h4-8,12,16,22,33-34,37,40H,9-10H2,1-3H3,(H2,30,38)(H2,31,39)/t12-,16-,22-,29-/m1/s1. The molecule has 12 nitrogen and oxygen atoms in total. The number of phenolic OH excluding ortho intramolecular Hbond substituents is 1. The lowest BCUT2D eigenvalue weighted by Gasteiger charge is -2.50. The van der Waals surface area contributed by atoms with Crippen LogP contribution in [0.5, 0.6) is 11.5 Å². The molecule has 5 rings (SSSR count). The first-order valence-electron chi connectivity index (χ1n) is 12.7. The van der Waals surface area contributed by atoms with Crippen molar-refractivity contribution in [2.75, 3.05) is 21.2 Å². The molecule has 2 aromatic rings. The lowest BCUT2D eigenvalue weighted by molar-refractivity contribution is -0.153. The number of carbonyl (C=O) groups excluding carboxylic acids is 4. The van der Waals surface area contributed by atoms with E-state index in [0.29, 0.717) is 22.4 Å². The zero-order chi connectivity index (χ0) is 30.1. The molecule has 2 aromatic carbocycles. The average molecular weight is 564 g/mol. The highest BCUT2D eigenvalue weighted by Crippen LogP contribution is 2.54. The summed E-state index contributed by atoms with van der Waals surface area (Å²) in [4.78, 5) is 52.7. The molecule has 0 bridgehead atoms. The maximum absolute atomic E-state index is 14.0. The van der Waals surface area contributed by atoms with E-state index < -0.39 is 64.0 Å². The average Bonchev–Trinajstić information content (AvgIpc) is 2.90. The van der Waals surface area contributed by atoms with Gasteiger partial charge in [-0.15, -0.1) is 0 Å². The molecule has 214 valence electrons. The fraction of sp³-hybridized carbons (Fsp3) is 0.310. The molecule has 1 fully saturated rings. The number of phenols is 1. The van der Waals surface area contributed by atoms with Gasteiger partial charge in [0.2, 0.25) is 11.7 Å². The summed E-state index contributed by atoms with van der Waals surface area (Å²) in [5.74, 6) is -7.62. The van der Waals surface area contributed by atoms with Gasteiger partial charge in [0.25, 0.3) is 5.91 Å². The van der Waals surface area contributed by atoms with Crippen LogP contribution in [0.3, 0.4) is 0 Å². The van der Waals surface area contributed by atoms with Crippen molar-refractivity contribution < 1.29 is 44.3 Å². The Morgan fingerprint density at radius 3 is 2.29 bits per heavy atom. The first-order valence-corrected chi connectivity index (χ1v) is 12.7. The first kappa shape index (κ1) is 27.9. The summed E-state index contributed by atoms with van der Waals surface area (Å²) >= 11 is 0. The summed E-state index contributed by atoms with van der Waals surface area (Å²) < 4.78 is 5.49. The summed E-state index contributed by atoms with van der Waals surface area (Å²) in [6.07, 6.45) is 0.0154. The number of amides is 2. The number of hydrogen-bond acceptors (Lipinski definition) is 10. The minimum atomic E-state index is -2.73. The van der Waals surface area contributed by atoms with Gasteiger partial charge in [-0.3, -0.25) is 24.1 Å². The van der Waals surface area contributed by atoms with Crippen molar-refractivity contribution in [3.8, 4) is 22.6 Å². The van der Waals surface area contributed by atoms with E-state index >= 15 is 0 Å². The van der Waals surface area contributed by atoms with Crippen LogP contribution >= 0.6 is 0 Å². The third-order valence-corrected chi connectivity index (χ3v) is 8.38. The number of ether oxygens (including phenoxy) is 1. The van der Waals surface area contributed by atoms with Gasteiger partial charge in [0.05, 0.1) is 18.7 Å². The highest BCUT2D eigenvalue weighted by molar-refractivity contribution is 6.24. The van der Waals surface area contributed by atoms with E-state index in [-0.39, 0.29) is 35.3 Å². The number of likely N-dealkylation sites (N-methyl/N-ethyl adjacent to an activating group) is 1. The summed E-state index contributed by atoms with van der Waals surface area (Å²) in [6.45, 7) is 0. The number of aliphatic hydroxyl groups is 3. The second-order valence-electron chi connectivity index (χ2n) is 10.7. The first-order chi connectivity index (χ1) is 19.2. The van der Waals surface area contributed by atoms with Crippen LogP contribution in [0.4, 0.5) is 0 Å². The molecule has 12 heteroatoms. The molecular formula is C29H29N3O9. The van der Waals surface area contributed by atoms with Gasteiger partial charge in [-0.05, 0) is 68.2 Å². The van der Waals surface area contributed by atoms with E-state index in [1.807, 2.05) is 0 Å². The third-order valence-electron chi connectivity index (χ3n) is 8.38. The van der Waals surface area contributed by atoms with Gasteiger partial charge in [0.15, 0.2) is 11.4 Å². The van der Waals surface area contributed by atoms with Crippen molar-refractivity contribution in [2.45, 2.75) is 24.5 Å². The number of fused-ring (bicyclic) bond motifs is 3. The number of primary amides is 2. The lowest BCUT2D eigenvalue weighted by atomic mass is 9.57. The van der Waals surface area contributed by atoms with Gasteiger partial charge in [0, 0.05) is 22.6 Å². The van der Waals surface area contributed by atoms with Gasteiger partial charge in [-0.1, -0.05) is 6.07 Å². The van der Waals surface area contributed by atoms with Gasteiger partial charge < -0.3 is 36.6 Å². The fourth-order valence-electron chi connectivity index (χ4n) is 6.57. The maximum atomic E-state index is 14.0. The Morgan fingerprint density at radius 2 is 1.71 bits per heavy atom. The molecule has 1 saturated carbocycles. The monoisotopic (exact) mass is 563 g/mol. The van der Waals surface area contributed by atoms with Gasteiger partial charge in [0.1, 0.15) is 28.6 Å². The van der Waals surface area contributed by atoms with Crippen molar-refractivity contribution in [3.63, 3.8) is 0 Å². The third kappa shape index (κ3) is 3.82. The lowest BCUT2D eigenvalue weighted by Crippen LogP contribution is -2.65. The summed E-state index contributed by atoms with van der Waals surface area (Å²) in [5, 5.41) is 44.9. The van der Waals surface area contributed by atoms with Crippen LogP contribution in [-0.2, 0) is 20.8 Å². The van der Waals surface area contributed by atoms with E-state index in [9.17, 15) is 39.6 Å². The molecule has 0 aromatic heterocycles. The topological polar surface area (TPSA) is 214 Å². The Labute approximate surface area is 234 Å². The van der Waals surface area contributed by atoms with E-state index in [0.717, 1.165) is 0 Å². The summed E-state index contributed by atoms with van der Waals surface area (Å²) in [6, 6.07) is 6.26. The quantitative estimate of drug-likeness (QED) is 0.281. The predicted octanol–water partition coefficient (Wildman–Crippen LogP) is 0.739. The Hall–Kier alpha value is -4.68. The van der Waals surface area contributed by atoms with Gasteiger partial charge >= 0.3 is 0 Å². The summed E-state index contributed by atoms with van der Waals surface area (Å²) in [5.41, 5.74) is 8.45. The Kier molecular flexibility index (Phi) is 6.43. The van der Waals surface area contributed by atoms with Crippen LogP contribution in [0, 0.1) is 11.8 Å². The number of benzene rings is 2. The molecule has 0 radical (unpaired) electrons. The van der Waals surface area contributed by atoms with Crippen LogP contribution in [0.25, 0.3) is 16.9 Å². The molecule has 2 amide bonds.